The van der Waals surface area contributed by atoms with Gasteiger partial charge >= 0.3 is 23.9 Å². The van der Waals surface area contributed by atoms with Crippen molar-refractivity contribution in [1.29, 1.82) is 0 Å². The van der Waals surface area contributed by atoms with Crippen LogP contribution in [0.5, 0.6) is 0 Å². The monoisotopic (exact) mass is 532 g/mol. The highest BCUT2D eigenvalue weighted by atomic mass is 16.6. The minimum atomic E-state index is -2.17. The Labute approximate surface area is 220 Å². The predicted molar refractivity (Wildman–Crippen MR) is 132 cm³/mol. The maximum Gasteiger partial charge on any atom is 0.328 e. The number of esters is 4. The number of hydrogen-bond acceptors (Lipinski definition) is 10. The van der Waals surface area contributed by atoms with Crippen molar-refractivity contribution in [3.63, 3.8) is 0 Å². The first kappa shape index (κ1) is 28.6. The lowest BCUT2D eigenvalue weighted by molar-refractivity contribution is -0.168. The topological polar surface area (TPSA) is 146 Å². The molecule has 0 radical (unpaired) electrons. The van der Waals surface area contributed by atoms with E-state index in [0.29, 0.717) is 0 Å². The minimum absolute atomic E-state index is 0.0402. The standard InChI is InChI=1S/C26H32N2O10/c1-7-35-21(31)25(22(32)36-8-2)13-19(29)27(5)17-12-16-18(11-15(17)25)28(6)20(30)14-26(16,23(33)37-9-3)24(34)38-10-4/h11-12H,7-10,13-14H2,1-6H3. The van der Waals surface area contributed by atoms with Crippen molar-refractivity contribution >= 4 is 47.1 Å². The van der Waals surface area contributed by atoms with Crippen LogP contribution in [0.4, 0.5) is 11.4 Å². The minimum Gasteiger partial charge on any atom is -0.465 e. The van der Waals surface area contributed by atoms with Gasteiger partial charge in [0.05, 0.1) is 39.3 Å². The van der Waals surface area contributed by atoms with Crippen molar-refractivity contribution < 1.29 is 47.7 Å². The fourth-order valence-electron chi connectivity index (χ4n) is 4.88. The molecule has 206 valence electrons. The van der Waals surface area contributed by atoms with Crippen molar-refractivity contribution in [2.24, 2.45) is 0 Å². The Morgan fingerprint density at radius 1 is 0.632 bits per heavy atom. The Morgan fingerprint density at radius 2 is 0.895 bits per heavy atom. The quantitative estimate of drug-likeness (QED) is 0.271. The normalized spacial score (nSPS) is 17.2. The molecule has 1 aromatic rings. The molecule has 3 rings (SSSR count). The fourth-order valence-corrected chi connectivity index (χ4v) is 4.88. The van der Waals surface area contributed by atoms with E-state index in [4.69, 9.17) is 18.9 Å². The van der Waals surface area contributed by atoms with Gasteiger partial charge in [0.2, 0.25) is 22.6 Å². The number of ether oxygens (including phenoxy) is 4. The summed E-state index contributed by atoms with van der Waals surface area (Å²) in [6, 6.07) is 2.71. The summed E-state index contributed by atoms with van der Waals surface area (Å²) < 4.78 is 20.9. The van der Waals surface area contributed by atoms with Gasteiger partial charge in [0.25, 0.3) is 0 Å². The van der Waals surface area contributed by atoms with E-state index in [2.05, 4.69) is 0 Å². The second-order valence-electron chi connectivity index (χ2n) is 8.84. The maximum atomic E-state index is 13.4. The molecular formula is C26H32N2O10. The van der Waals surface area contributed by atoms with Gasteiger partial charge < -0.3 is 28.7 Å². The highest BCUT2D eigenvalue weighted by Crippen LogP contribution is 2.50. The van der Waals surface area contributed by atoms with Gasteiger partial charge in [0.15, 0.2) is 0 Å². The number of benzene rings is 1. The lowest BCUT2D eigenvalue weighted by Crippen LogP contribution is -2.56. The molecule has 0 aliphatic carbocycles. The van der Waals surface area contributed by atoms with E-state index in [0.717, 1.165) is 0 Å². The van der Waals surface area contributed by atoms with Crippen molar-refractivity contribution in [2.75, 3.05) is 50.3 Å². The van der Waals surface area contributed by atoms with Gasteiger partial charge in [-0.2, -0.15) is 0 Å². The number of nitrogens with zero attached hydrogens (tertiary/aromatic N) is 2. The summed E-state index contributed by atoms with van der Waals surface area (Å²) in [6.07, 6.45) is -1.16. The van der Waals surface area contributed by atoms with Crippen LogP contribution in [0.3, 0.4) is 0 Å². The Balaban J connectivity index is 2.46. The summed E-state index contributed by atoms with van der Waals surface area (Å²) in [5.74, 6) is -5.17. The van der Waals surface area contributed by atoms with E-state index in [9.17, 15) is 28.8 Å². The zero-order valence-electron chi connectivity index (χ0n) is 22.4. The Morgan fingerprint density at radius 3 is 1.13 bits per heavy atom. The SMILES string of the molecule is CCOC(=O)C1(C(=O)OCC)CC(=O)N(C)c2cc3c(cc21)N(C)C(=O)CC3(C(=O)OCC)C(=O)OCC. The second kappa shape index (κ2) is 10.8. The van der Waals surface area contributed by atoms with Crippen LogP contribution in [0, 0.1) is 0 Å². The zero-order valence-corrected chi connectivity index (χ0v) is 22.4. The molecule has 0 saturated heterocycles. The molecule has 38 heavy (non-hydrogen) atoms. The van der Waals surface area contributed by atoms with Crippen molar-refractivity contribution in [3.8, 4) is 0 Å². The molecule has 2 aliphatic heterocycles. The Hall–Kier alpha value is -3.96. The third-order valence-electron chi connectivity index (χ3n) is 6.83. The van der Waals surface area contributed by atoms with Crippen LogP contribution < -0.4 is 9.80 Å². The average molecular weight is 533 g/mol. The van der Waals surface area contributed by atoms with Gasteiger partial charge in [-0.25, -0.2) is 0 Å². The Bertz CT molecular complexity index is 1060. The summed E-state index contributed by atoms with van der Waals surface area (Å²) in [6.45, 7) is 5.94. The molecule has 0 unspecified atom stereocenters. The number of rotatable bonds is 8. The largest absolute Gasteiger partial charge is 0.465 e. The maximum absolute atomic E-state index is 13.4. The van der Waals surface area contributed by atoms with E-state index < -0.39 is 59.4 Å². The molecule has 0 N–H and O–H groups in total. The van der Waals surface area contributed by atoms with Gasteiger partial charge in [-0.15, -0.1) is 0 Å². The molecule has 0 atom stereocenters. The van der Waals surface area contributed by atoms with Crippen molar-refractivity contribution in [1.82, 2.24) is 0 Å². The number of fused-ring (bicyclic) bond motifs is 2. The first-order chi connectivity index (χ1) is 18.0. The molecule has 0 fully saturated rings. The summed E-state index contributed by atoms with van der Waals surface area (Å²) >= 11 is 0. The van der Waals surface area contributed by atoms with Gasteiger partial charge in [0, 0.05) is 36.6 Å². The molecule has 0 saturated carbocycles. The third-order valence-corrected chi connectivity index (χ3v) is 6.83. The molecule has 12 heteroatoms. The molecule has 0 bridgehead atoms. The van der Waals surface area contributed by atoms with Crippen molar-refractivity contribution in [3.05, 3.63) is 23.3 Å². The van der Waals surface area contributed by atoms with Crippen molar-refractivity contribution in [2.45, 2.75) is 51.4 Å². The van der Waals surface area contributed by atoms with E-state index >= 15 is 0 Å². The van der Waals surface area contributed by atoms with Crippen LogP contribution in [-0.4, -0.2) is 76.2 Å². The molecule has 1 aromatic carbocycles. The van der Waals surface area contributed by atoms with E-state index in [1.54, 1.807) is 27.7 Å². The number of anilines is 2. The van der Waals surface area contributed by atoms with E-state index in [1.165, 1.54) is 36.0 Å². The van der Waals surface area contributed by atoms with Crippen LogP contribution in [0.2, 0.25) is 0 Å². The average Bonchev–Trinajstić information content (AvgIpc) is 2.88. The first-order valence-electron chi connectivity index (χ1n) is 12.4. The predicted octanol–water partition coefficient (Wildman–Crippen LogP) is 1.15. The van der Waals surface area contributed by atoms with Crippen LogP contribution in [0.15, 0.2) is 12.1 Å². The highest BCUT2D eigenvalue weighted by Gasteiger charge is 2.60. The number of carbonyl (C=O) groups is 6. The van der Waals surface area contributed by atoms with Crippen LogP contribution >= 0.6 is 0 Å². The third kappa shape index (κ3) is 4.17. The molecule has 2 amide bonds. The van der Waals surface area contributed by atoms with E-state index in [1.807, 2.05) is 0 Å². The molecule has 0 aromatic heterocycles. The lowest BCUT2D eigenvalue weighted by Gasteiger charge is -2.42. The summed E-state index contributed by atoms with van der Waals surface area (Å²) in [5.41, 5.74) is -4.11. The van der Waals surface area contributed by atoms with Gasteiger partial charge in [-0.3, -0.25) is 28.8 Å². The van der Waals surface area contributed by atoms with Crippen LogP contribution in [-0.2, 0) is 58.5 Å². The summed E-state index contributed by atoms with van der Waals surface area (Å²) in [4.78, 5) is 82.2. The van der Waals surface area contributed by atoms with Gasteiger partial charge in [-0.05, 0) is 39.8 Å². The zero-order chi connectivity index (χ0) is 28.4. The number of amides is 2. The van der Waals surface area contributed by atoms with Gasteiger partial charge in [0.1, 0.15) is 0 Å². The first-order valence-corrected chi connectivity index (χ1v) is 12.4. The fraction of sp³-hybridized carbons (Fsp3) is 0.538. The number of carbonyl (C=O) groups excluding carboxylic acids is 6. The molecule has 12 nitrogen and oxygen atoms in total. The molecule has 2 heterocycles. The molecule has 2 aliphatic rings. The molecular weight excluding hydrogens is 500 g/mol. The number of hydrogen-bond donors (Lipinski definition) is 0. The second-order valence-corrected chi connectivity index (χ2v) is 8.84. The highest BCUT2D eigenvalue weighted by molar-refractivity contribution is 6.19. The van der Waals surface area contributed by atoms with E-state index in [-0.39, 0.29) is 48.9 Å². The summed E-state index contributed by atoms with van der Waals surface area (Å²) in [7, 11) is 2.86. The lowest BCUT2D eigenvalue weighted by atomic mass is 9.69. The molecule has 0 spiro atoms. The summed E-state index contributed by atoms with van der Waals surface area (Å²) in [5, 5.41) is 0. The smallest absolute Gasteiger partial charge is 0.328 e. The van der Waals surface area contributed by atoms with Crippen LogP contribution in [0.1, 0.15) is 51.7 Å². The van der Waals surface area contributed by atoms with Gasteiger partial charge in [-0.1, -0.05) is 0 Å². The van der Waals surface area contributed by atoms with Crippen LogP contribution in [0.25, 0.3) is 0 Å². The Kier molecular flexibility index (Phi) is 8.13.